The number of allylic oxidation sites excluding steroid dienone is 1. The number of carbonyl (C=O) groups is 1. The quantitative estimate of drug-likeness (QED) is 0.298. The summed E-state index contributed by atoms with van der Waals surface area (Å²) < 4.78 is 11.1. The van der Waals surface area contributed by atoms with Gasteiger partial charge in [0.05, 0.1) is 19.3 Å². The Kier molecular flexibility index (Phi) is 6.60. The Labute approximate surface area is 182 Å². The van der Waals surface area contributed by atoms with Crippen molar-refractivity contribution in [2.24, 2.45) is 0 Å². The van der Waals surface area contributed by atoms with E-state index in [1.807, 2.05) is 12.1 Å². The fourth-order valence-electron chi connectivity index (χ4n) is 3.97. The van der Waals surface area contributed by atoms with Crippen LogP contribution in [0.3, 0.4) is 0 Å². The number of carbonyl (C=O) groups excluding carboxylic acids is 1. The first kappa shape index (κ1) is 21.0. The predicted octanol–water partition coefficient (Wildman–Crippen LogP) is 4.83. The zero-order valence-electron chi connectivity index (χ0n) is 17.4. The number of hydrogen-bond donors (Lipinski definition) is 1. The molecule has 158 valence electrons. The molecule has 0 radical (unpaired) electrons. The minimum absolute atomic E-state index is 0.0279. The molecule has 4 heteroatoms. The first-order chi connectivity index (χ1) is 15.2. The van der Waals surface area contributed by atoms with Crippen LogP contribution >= 0.6 is 0 Å². The molecular weight excluding hydrogens is 388 g/mol. The third-order valence-electron chi connectivity index (χ3n) is 5.49. The van der Waals surface area contributed by atoms with E-state index in [4.69, 9.17) is 9.47 Å². The van der Waals surface area contributed by atoms with Gasteiger partial charge in [-0.15, -0.1) is 0 Å². The lowest BCUT2D eigenvalue weighted by molar-refractivity contribution is -0.117. The van der Waals surface area contributed by atoms with Crippen LogP contribution in [-0.2, 0) is 16.0 Å². The Morgan fingerprint density at radius 1 is 0.968 bits per heavy atom. The van der Waals surface area contributed by atoms with Gasteiger partial charge < -0.3 is 14.6 Å². The number of hydrogen-bond acceptors (Lipinski definition) is 4. The zero-order chi connectivity index (χ0) is 21.6. The molecule has 1 aliphatic rings. The number of aliphatic hydroxyl groups excluding tert-OH is 1. The molecule has 0 saturated heterocycles. The van der Waals surface area contributed by atoms with Crippen LogP contribution < -0.4 is 4.74 Å². The zero-order valence-corrected chi connectivity index (χ0v) is 17.4. The van der Waals surface area contributed by atoms with E-state index in [1.165, 1.54) is 39.5 Å². The molecule has 4 rings (SSSR count). The molecule has 0 spiro atoms. The van der Waals surface area contributed by atoms with E-state index < -0.39 is 6.10 Å². The largest absolute Gasteiger partial charge is 0.491 e. The summed E-state index contributed by atoms with van der Waals surface area (Å²) in [5.41, 5.74) is 7.83. The SMILES string of the molecule is C=CC(=O)CC(O)COCCOc1ccc(-c2cccc3c2Cc2ccccc2-3)cc1. The van der Waals surface area contributed by atoms with Gasteiger partial charge in [0.2, 0.25) is 0 Å². The second kappa shape index (κ2) is 9.73. The van der Waals surface area contributed by atoms with E-state index in [2.05, 4.69) is 61.2 Å². The first-order valence-electron chi connectivity index (χ1n) is 10.5. The monoisotopic (exact) mass is 414 g/mol. The molecule has 0 bridgehead atoms. The van der Waals surface area contributed by atoms with Gasteiger partial charge in [0.1, 0.15) is 12.4 Å². The fraction of sp³-hybridized carbons (Fsp3) is 0.222. The van der Waals surface area contributed by atoms with Gasteiger partial charge in [-0.25, -0.2) is 0 Å². The van der Waals surface area contributed by atoms with Crippen molar-refractivity contribution in [3.05, 3.63) is 90.5 Å². The molecule has 4 nitrogen and oxygen atoms in total. The standard InChI is InChI=1S/C27H26O4/c1-2-21(28)17-22(29)18-30-14-15-31-23-12-10-19(11-13-23)24-8-5-9-26-25-7-4-3-6-20(25)16-27(24)26/h2-13,22,29H,1,14-18H2. The summed E-state index contributed by atoms with van der Waals surface area (Å²) in [6, 6.07) is 23.2. The van der Waals surface area contributed by atoms with Crippen molar-refractivity contribution in [1.29, 1.82) is 0 Å². The topological polar surface area (TPSA) is 55.8 Å². The molecule has 3 aromatic carbocycles. The van der Waals surface area contributed by atoms with Crippen LogP contribution in [0.15, 0.2) is 79.4 Å². The molecule has 1 unspecified atom stereocenters. The highest BCUT2D eigenvalue weighted by Gasteiger charge is 2.20. The van der Waals surface area contributed by atoms with E-state index in [-0.39, 0.29) is 18.8 Å². The lowest BCUT2D eigenvalue weighted by atomic mass is 9.96. The first-order valence-corrected chi connectivity index (χ1v) is 10.5. The molecule has 0 amide bonds. The van der Waals surface area contributed by atoms with E-state index in [1.54, 1.807) is 0 Å². The van der Waals surface area contributed by atoms with Crippen LogP contribution in [0.2, 0.25) is 0 Å². The average Bonchev–Trinajstić information content (AvgIpc) is 3.18. The Morgan fingerprint density at radius 3 is 2.52 bits per heavy atom. The van der Waals surface area contributed by atoms with Crippen molar-refractivity contribution in [2.75, 3.05) is 19.8 Å². The van der Waals surface area contributed by atoms with Crippen molar-refractivity contribution < 1.29 is 19.4 Å². The maximum Gasteiger partial charge on any atom is 0.157 e. The molecule has 31 heavy (non-hydrogen) atoms. The lowest BCUT2D eigenvalue weighted by Gasteiger charge is -2.12. The van der Waals surface area contributed by atoms with Gasteiger partial charge in [0.15, 0.2) is 5.78 Å². The Bertz CT molecular complexity index is 1070. The number of aliphatic hydroxyl groups is 1. The van der Waals surface area contributed by atoms with Gasteiger partial charge in [-0.2, -0.15) is 0 Å². The summed E-state index contributed by atoms with van der Waals surface area (Å²) in [6.45, 7) is 4.20. The maximum absolute atomic E-state index is 11.2. The van der Waals surface area contributed by atoms with Crippen LogP contribution in [0.1, 0.15) is 17.5 Å². The van der Waals surface area contributed by atoms with Gasteiger partial charge in [-0.1, -0.05) is 61.2 Å². The molecule has 0 saturated carbocycles. The molecule has 0 heterocycles. The van der Waals surface area contributed by atoms with Gasteiger partial charge >= 0.3 is 0 Å². The van der Waals surface area contributed by atoms with Crippen molar-refractivity contribution >= 4 is 5.78 Å². The van der Waals surface area contributed by atoms with Gasteiger partial charge in [0, 0.05) is 6.42 Å². The number of benzene rings is 3. The van der Waals surface area contributed by atoms with Crippen LogP contribution in [-0.4, -0.2) is 36.8 Å². The van der Waals surface area contributed by atoms with E-state index in [9.17, 15) is 9.90 Å². The average molecular weight is 415 g/mol. The maximum atomic E-state index is 11.2. The summed E-state index contributed by atoms with van der Waals surface area (Å²) in [6.07, 6.45) is 1.38. The van der Waals surface area contributed by atoms with Crippen LogP contribution in [0.5, 0.6) is 5.75 Å². The minimum Gasteiger partial charge on any atom is -0.491 e. The van der Waals surface area contributed by atoms with Crippen molar-refractivity contribution in [3.63, 3.8) is 0 Å². The summed E-state index contributed by atoms with van der Waals surface area (Å²) in [5.74, 6) is 0.575. The second-order valence-corrected chi connectivity index (χ2v) is 7.64. The summed E-state index contributed by atoms with van der Waals surface area (Å²) >= 11 is 0. The normalized spacial score (nSPS) is 12.7. The second-order valence-electron chi connectivity index (χ2n) is 7.64. The van der Waals surface area contributed by atoms with Crippen LogP contribution in [0, 0.1) is 0 Å². The number of fused-ring (bicyclic) bond motifs is 3. The third kappa shape index (κ3) is 4.93. The Hall–Kier alpha value is -3.21. The summed E-state index contributed by atoms with van der Waals surface area (Å²) in [7, 11) is 0. The molecular formula is C27H26O4. The highest BCUT2D eigenvalue weighted by Crippen LogP contribution is 2.41. The highest BCUT2D eigenvalue weighted by atomic mass is 16.5. The molecule has 1 aliphatic carbocycles. The number of rotatable bonds is 10. The molecule has 1 N–H and O–H groups in total. The lowest BCUT2D eigenvalue weighted by Crippen LogP contribution is -2.20. The minimum atomic E-state index is -0.816. The molecule has 0 fully saturated rings. The van der Waals surface area contributed by atoms with E-state index in [0.717, 1.165) is 12.2 Å². The van der Waals surface area contributed by atoms with E-state index in [0.29, 0.717) is 13.2 Å². The third-order valence-corrected chi connectivity index (χ3v) is 5.49. The van der Waals surface area contributed by atoms with Gasteiger partial charge in [-0.05, 0) is 58.0 Å². The van der Waals surface area contributed by atoms with E-state index >= 15 is 0 Å². The van der Waals surface area contributed by atoms with Crippen molar-refractivity contribution in [3.8, 4) is 28.0 Å². The van der Waals surface area contributed by atoms with Gasteiger partial charge in [0.25, 0.3) is 0 Å². The van der Waals surface area contributed by atoms with Crippen LogP contribution in [0.4, 0.5) is 0 Å². The Morgan fingerprint density at radius 2 is 1.71 bits per heavy atom. The molecule has 0 aromatic heterocycles. The van der Waals surface area contributed by atoms with Gasteiger partial charge in [-0.3, -0.25) is 4.79 Å². The number of ketones is 1. The Balaban J connectivity index is 1.32. The van der Waals surface area contributed by atoms with Crippen molar-refractivity contribution in [2.45, 2.75) is 18.9 Å². The smallest absolute Gasteiger partial charge is 0.157 e. The molecule has 0 aliphatic heterocycles. The predicted molar refractivity (Wildman–Crippen MR) is 122 cm³/mol. The highest BCUT2D eigenvalue weighted by molar-refractivity contribution is 5.89. The molecule has 1 atom stereocenters. The van der Waals surface area contributed by atoms with Crippen LogP contribution in [0.25, 0.3) is 22.3 Å². The molecule has 3 aromatic rings. The van der Waals surface area contributed by atoms with Crippen molar-refractivity contribution in [1.82, 2.24) is 0 Å². The summed E-state index contributed by atoms with van der Waals surface area (Å²) in [4.78, 5) is 11.2. The summed E-state index contributed by atoms with van der Waals surface area (Å²) in [5, 5.41) is 9.70. The number of ether oxygens (including phenoxy) is 2. The fourth-order valence-corrected chi connectivity index (χ4v) is 3.97.